The molecule has 1 fully saturated rings. The second-order valence-corrected chi connectivity index (χ2v) is 8.19. The Kier molecular flexibility index (Phi) is 7.69. The van der Waals surface area contributed by atoms with E-state index in [0.29, 0.717) is 23.6 Å². The molecule has 0 aromatic heterocycles. The quantitative estimate of drug-likeness (QED) is 0.689. The molecule has 5 heteroatoms. The lowest BCUT2D eigenvalue weighted by Crippen LogP contribution is -2.44. The number of benzene rings is 1. The third-order valence-corrected chi connectivity index (χ3v) is 5.87. The van der Waals surface area contributed by atoms with Gasteiger partial charge in [0, 0.05) is 11.7 Å². The summed E-state index contributed by atoms with van der Waals surface area (Å²) in [7, 11) is 0. The zero-order valence-electron chi connectivity index (χ0n) is 17.1. The molecule has 0 atom stereocenters. The average Bonchev–Trinajstić information content (AvgIpc) is 2.67. The average molecular weight is 375 g/mol. The number of hydrogen-bond donors (Lipinski definition) is 2. The molecule has 1 aliphatic rings. The monoisotopic (exact) mass is 374 g/mol. The van der Waals surface area contributed by atoms with Crippen LogP contribution in [0, 0.1) is 11.3 Å². The van der Waals surface area contributed by atoms with E-state index >= 15 is 0 Å². The molecule has 0 spiro atoms. The zero-order chi connectivity index (χ0) is 19.9. The molecule has 1 aromatic carbocycles. The summed E-state index contributed by atoms with van der Waals surface area (Å²) in [5.41, 5.74) is 0.937. The van der Waals surface area contributed by atoms with Crippen molar-refractivity contribution in [2.45, 2.75) is 72.3 Å². The molecule has 1 saturated carbocycles. The van der Waals surface area contributed by atoms with Crippen molar-refractivity contribution in [1.82, 2.24) is 5.32 Å². The number of nitrogens with one attached hydrogen (secondary N) is 2. The van der Waals surface area contributed by atoms with E-state index in [1.807, 2.05) is 6.92 Å². The largest absolute Gasteiger partial charge is 0.494 e. The molecular weight excluding hydrogens is 340 g/mol. The van der Waals surface area contributed by atoms with E-state index in [0.717, 1.165) is 37.9 Å². The van der Waals surface area contributed by atoms with Gasteiger partial charge >= 0.3 is 11.8 Å². The molecule has 0 bridgehead atoms. The second-order valence-electron chi connectivity index (χ2n) is 8.19. The molecule has 27 heavy (non-hydrogen) atoms. The van der Waals surface area contributed by atoms with Crippen LogP contribution in [0.4, 0.5) is 5.69 Å². The maximum Gasteiger partial charge on any atom is 0.313 e. The summed E-state index contributed by atoms with van der Waals surface area (Å²) >= 11 is 0. The van der Waals surface area contributed by atoms with Crippen molar-refractivity contribution >= 4 is 17.5 Å². The third kappa shape index (κ3) is 6.26. The van der Waals surface area contributed by atoms with Crippen LogP contribution >= 0.6 is 0 Å². The predicted molar refractivity (Wildman–Crippen MR) is 109 cm³/mol. The summed E-state index contributed by atoms with van der Waals surface area (Å²) in [4.78, 5) is 24.4. The topological polar surface area (TPSA) is 67.4 Å². The Labute approximate surface area is 163 Å². The van der Waals surface area contributed by atoms with Crippen LogP contribution in [0.1, 0.15) is 66.2 Å². The first-order valence-electron chi connectivity index (χ1n) is 10.2. The van der Waals surface area contributed by atoms with Gasteiger partial charge in [-0.05, 0) is 67.7 Å². The lowest BCUT2D eigenvalue weighted by atomic mass is 9.69. The number of rotatable bonds is 7. The molecule has 1 aromatic rings. The Morgan fingerprint density at radius 1 is 1.04 bits per heavy atom. The highest BCUT2D eigenvalue weighted by atomic mass is 16.5. The summed E-state index contributed by atoms with van der Waals surface area (Å²) in [5, 5.41) is 5.54. The van der Waals surface area contributed by atoms with Gasteiger partial charge in [0.1, 0.15) is 5.75 Å². The van der Waals surface area contributed by atoms with Crippen LogP contribution in [0.5, 0.6) is 5.75 Å². The van der Waals surface area contributed by atoms with Crippen molar-refractivity contribution < 1.29 is 14.3 Å². The molecule has 150 valence electrons. The molecule has 0 unspecified atom stereocenters. The van der Waals surface area contributed by atoms with Crippen molar-refractivity contribution in [2.24, 2.45) is 11.3 Å². The van der Waals surface area contributed by atoms with Crippen molar-refractivity contribution in [1.29, 1.82) is 0 Å². The van der Waals surface area contributed by atoms with Crippen LogP contribution in [-0.4, -0.2) is 24.5 Å². The van der Waals surface area contributed by atoms with Crippen LogP contribution in [0.2, 0.25) is 0 Å². The minimum Gasteiger partial charge on any atom is -0.494 e. The van der Waals surface area contributed by atoms with Crippen LogP contribution in [0.25, 0.3) is 0 Å². The molecule has 0 radical (unpaired) electrons. The van der Waals surface area contributed by atoms with Gasteiger partial charge in [0.2, 0.25) is 0 Å². The normalized spacial score (nSPS) is 20.0. The molecule has 0 aliphatic heterocycles. The Hall–Kier alpha value is -2.04. The zero-order valence-corrected chi connectivity index (χ0v) is 17.1. The summed E-state index contributed by atoms with van der Waals surface area (Å²) in [5.74, 6) is 0.275. The van der Waals surface area contributed by atoms with Gasteiger partial charge in [0.25, 0.3) is 0 Å². The number of carbonyl (C=O) groups excluding carboxylic acids is 2. The first-order chi connectivity index (χ1) is 12.9. The fourth-order valence-electron chi connectivity index (χ4n) is 3.60. The standard InChI is InChI=1S/C22H34N2O3/c1-5-15-27-19-13-11-18(12-14-19)24-21(26)20(25)23-17-9-7-16(8-10-17)22(3,4)6-2/h11-14,16-17H,5-10,15H2,1-4H3,(H,23,25)(H,24,26). The van der Waals surface area contributed by atoms with E-state index in [1.54, 1.807) is 24.3 Å². The molecule has 2 N–H and O–H groups in total. The van der Waals surface area contributed by atoms with Gasteiger partial charge in [0.05, 0.1) is 6.61 Å². The van der Waals surface area contributed by atoms with E-state index in [9.17, 15) is 9.59 Å². The Morgan fingerprint density at radius 2 is 1.67 bits per heavy atom. The van der Waals surface area contributed by atoms with Gasteiger partial charge < -0.3 is 15.4 Å². The molecule has 2 amide bonds. The SMILES string of the molecule is CCCOc1ccc(NC(=O)C(=O)NC2CCC(C(C)(C)CC)CC2)cc1. The second kappa shape index (κ2) is 9.77. The van der Waals surface area contributed by atoms with E-state index in [4.69, 9.17) is 4.74 Å². The lowest BCUT2D eigenvalue weighted by Gasteiger charge is -2.39. The highest BCUT2D eigenvalue weighted by Gasteiger charge is 2.32. The van der Waals surface area contributed by atoms with Gasteiger partial charge in [-0.3, -0.25) is 9.59 Å². The van der Waals surface area contributed by atoms with Gasteiger partial charge in [0.15, 0.2) is 0 Å². The van der Waals surface area contributed by atoms with Crippen LogP contribution in [0.3, 0.4) is 0 Å². The predicted octanol–water partition coefficient (Wildman–Crippen LogP) is 4.53. The highest BCUT2D eigenvalue weighted by molar-refractivity contribution is 6.39. The molecular formula is C22H34N2O3. The molecule has 0 heterocycles. The summed E-state index contributed by atoms with van der Waals surface area (Å²) in [6.07, 6.45) is 6.20. The van der Waals surface area contributed by atoms with Gasteiger partial charge in [-0.15, -0.1) is 0 Å². The Bertz CT molecular complexity index is 617. The number of hydrogen-bond acceptors (Lipinski definition) is 3. The lowest BCUT2D eigenvalue weighted by molar-refractivity contribution is -0.136. The van der Waals surface area contributed by atoms with Gasteiger partial charge in [-0.2, -0.15) is 0 Å². The number of amides is 2. The summed E-state index contributed by atoms with van der Waals surface area (Å²) < 4.78 is 5.51. The summed E-state index contributed by atoms with van der Waals surface area (Å²) in [6.45, 7) is 9.59. The van der Waals surface area contributed by atoms with E-state index in [2.05, 4.69) is 31.4 Å². The fourth-order valence-corrected chi connectivity index (χ4v) is 3.60. The van der Waals surface area contributed by atoms with Crippen LogP contribution in [0.15, 0.2) is 24.3 Å². The third-order valence-electron chi connectivity index (χ3n) is 5.87. The maximum atomic E-state index is 12.2. The molecule has 1 aliphatic carbocycles. The van der Waals surface area contributed by atoms with Crippen LogP contribution in [-0.2, 0) is 9.59 Å². The maximum absolute atomic E-state index is 12.2. The van der Waals surface area contributed by atoms with E-state index in [-0.39, 0.29) is 6.04 Å². The first kappa shape index (κ1) is 21.3. The van der Waals surface area contributed by atoms with Crippen molar-refractivity contribution in [2.75, 3.05) is 11.9 Å². The number of anilines is 1. The van der Waals surface area contributed by atoms with E-state index < -0.39 is 11.8 Å². The van der Waals surface area contributed by atoms with Crippen molar-refractivity contribution in [3.63, 3.8) is 0 Å². The van der Waals surface area contributed by atoms with Gasteiger partial charge in [-0.25, -0.2) is 0 Å². The van der Waals surface area contributed by atoms with Crippen molar-refractivity contribution in [3.8, 4) is 5.75 Å². The Morgan fingerprint density at radius 3 is 2.22 bits per heavy atom. The number of carbonyl (C=O) groups is 2. The smallest absolute Gasteiger partial charge is 0.313 e. The van der Waals surface area contributed by atoms with Crippen LogP contribution < -0.4 is 15.4 Å². The molecule has 5 nitrogen and oxygen atoms in total. The Balaban J connectivity index is 1.78. The minimum absolute atomic E-state index is 0.0944. The summed E-state index contributed by atoms with van der Waals surface area (Å²) in [6, 6.07) is 7.17. The van der Waals surface area contributed by atoms with Gasteiger partial charge in [-0.1, -0.05) is 34.1 Å². The molecule has 0 saturated heterocycles. The minimum atomic E-state index is -0.617. The fraction of sp³-hybridized carbons (Fsp3) is 0.636. The highest BCUT2D eigenvalue weighted by Crippen LogP contribution is 2.40. The van der Waals surface area contributed by atoms with E-state index in [1.165, 1.54) is 6.42 Å². The van der Waals surface area contributed by atoms with Crippen molar-refractivity contribution in [3.05, 3.63) is 24.3 Å². The number of ether oxygens (including phenoxy) is 1. The first-order valence-corrected chi connectivity index (χ1v) is 10.2. The molecule has 2 rings (SSSR count).